The highest BCUT2D eigenvalue weighted by molar-refractivity contribution is 5.95. The van der Waals surface area contributed by atoms with Gasteiger partial charge < -0.3 is 11.1 Å². The summed E-state index contributed by atoms with van der Waals surface area (Å²) in [7, 11) is 0. The van der Waals surface area contributed by atoms with Crippen molar-refractivity contribution < 1.29 is 9.59 Å². The predicted molar refractivity (Wildman–Crippen MR) is 41.5 cm³/mol. The number of nitrogens with one attached hydrogen (secondary N) is 1. The van der Waals surface area contributed by atoms with Crippen LogP contribution in [0.2, 0.25) is 0 Å². The maximum atomic E-state index is 10.7. The van der Waals surface area contributed by atoms with Crippen molar-refractivity contribution in [1.29, 1.82) is 0 Å². The zero-order chi connectivity index (χ0) is 8.69. The van der Waals surface area contributed by atoms with E-state index >= 15 is 0 Å². The molecule has 0 aliphatic rings. The number of primary amides is 1. The highest BCUT2D eigenvalue weighted by atomic mass is 16.2. The predicted octanol–water partition coefficient (Wildman–Crippen LogP) is -0.670. The molecule has 0 unspecified atom stereocenters. The average molecular weight is 154 g/mol. The standard InChI is InChI=1S/C7H10N2O2/c1-2-5-9-7(11)4-3-6(8)10/h2-4H,1,5H2,(H2,8,10)(H,9,11)/b4-3+. The van der Waals surface area contributed by atoms with Gasteiger partial charge in [-0.25, -0.2) is 0 Å². The van der Waals surface area contributed by atoms with Crippen LogP contribution in [0.3, 0.4) is 0 Å². The number of rotatable bonds is 4. The Bertz CT molecular complexity index is 197. The molecule has 0 aromatic carbocycles. The van der Waals surface area contributed by atoms with E-state index in [0.717, 1.165) is 12.2 Å². The Balaban J connectivity index is 3.68. The lowest BCUT2D eigenvalue weighted by atomic mass is 10.4. The van der Waals surface area contributed by atoms with E-state index in [-0.39, 0.29) is 5.91 Å². The monoisotopic (exact) mass is 154 g/mol. The molecule has 0 heterocycles. The Morgan fingerprint density at radius 2 is 2.09 bits per heavy atom. The molecule has 0 bridgehead atoms. The van der Waals surface area contributed by atoms with Gasteiger partial charge in [-0.1, -0.05) is 6.08 Å². The van der Waals surface area contributed by atoms with Gasteiger partial charge >= 0.3 is 0 Å². The number of hydrogen-bond donors (Lipinski definition) is 2. The summed E-state index contributed by atoms with van der Waals surface area (Å²) < 4.78 is 0. The first-order chi connectivity index (χ1) is 5.16. The summed E-state index contributed by atoms with van der Waals surface area (Å²) in [4.78, 5) is 20.8. The minimum atomic E-state index is -0.640. The summed E-state index contributed by atoms with van der Waals surface area (Å²) in [5.74, 6) is -0.998. The van der Waals surface area contributed by atoms with Crippen molar-refractivity contribution in [1.82, 2.24) is 5.32 Å². The molecule has 0 aromatic rings. The summed E-state index contributed by atoms with van der Waals surface area (Å²) in [6.45, 7) is 3.77. The first-order valence-corrected chi connectivity index (χ1v) is 3.03. The molecule has 0 aliphatic carbocycles. The fourth-order valence-corrected chi connectivity index (χ4v) is 0.390. The molecule has 0 radical (unpaired) electrons. The Labute approximate surface area is 64.8 Å². The molecule has 0 saturated carbocycles. The zero-order valence-corrected chi connectivity index (χ0v) is 6.04. The zero-order valence-electron chi connectivity index (χ0n) is 6.04. The summed E-state index contributed by atoms with van der Waals surface area (Å²) in [6, 6.07) is 0. The second-order valence-electron chi connectivity index (χ2n) is 1.77. The van der Waals surface area contributed by atoms with E-state index in [1.807, 2.05) is 0 Å². The van der Waals surface area contributed by atoms with Crippen molar-refractivity contribution in [3.63, 3.8) is 0 Å². The van der Waals surface area contributed by atoms with Crippen LogP contribution in [0.4, 0.5) is 0 Å². The van der Waals surface area contributed by atoms with Crippen LogP contribution in [0.25, 0.3) is 0 Å². The lowest BCUT2D eigenvalue weighted by molar-refractivity contribution is -0.117. The number of carbonyl (C=O) groups excluding carboxylic acids is 2. The van der Waals surface area contributed by atoms with Crippen LogP contribution in [0.1, 0.15) is 0 Å². The Hall–Kier alpha value is -1.58. The molecule has 60 valence electrons. The van der Waals surface area contributed by atoms with E-state index in [1.165, 1.54) is 6.08 Å². The summed E-state index contributed by atoms with van der Waals surface area (Å²) >= 11 is 0. The molecule has 2 amide bonds. The molecule has 3 N–H and O–H groups in total. The minimum Gasteiger partial charge on any atom is -0.366 e. The third-order valence-corrected chi connectivity index (χ3v) is 0.820. The van der Waals surface area contributed by atoms with E-state index in [2.05, 4.69) is 11.9 Å². The molecule has 0 rings (SSSR count). The van der Waals surface area contributed by atoms with Crippen molar-refractivity contribution in [3.8, 4) is 0 Å². The lowest BCUT2D eigenvalue weighted by Crippen LogP contribution is -2.21. The molecule has 0 aromatic heterocycles. The number of amides is 2. The fourth-order valence-electron chi connectivity index (χ4n) is 0.390. The third kappa shape index (κ3) is 6.30. The summed E-state index contributed by atoms with van der Waals surface area (Å²) in [5, 5.41) is 2.44. The lowest BCUT2D eigenvalue weighted by Gasteiger charge is -1.93. The Kier molecular flexibility index (Phi) is 4.47. The van der Waals surface area contributed by atoms with Crippen LogP contribution < -0.4 is 11.1 Å². The third-order valence-electron chi connectivity index (χ3n) is 0.820. The van der Waals surface area contributed by atoms with E-state index in [4.69, 9.17) is 5.73 Å². The van der Waals surface area contributed by atoms with Gasteiger partial charge in [0.1, 0.15) is 0 Å². The van der Waals surface area contributed by atoms with Crippen LogP contribution in [-0.4, -0.2) is 18.4 Å². The largest absolute Gasteiger partial charge is 0.366 e. The molecule has 0 fully saturated rings. The van der Waals surface area contributed by atoms with Crippen molar-refractivity contribution in [2.75, 3.05) is 6.54 Å². The van der Waals surface area contributed by atoms with Gasteiger partial charge in [-0.2, -0.15) is 0 Å². The Morgan fingerprint density at radius 1 is 1.45 bits per heavy atom. The smallest absolute Gasteiger partial charge is 0.244 e. The quantitative estimate of drug-likeness (QED) is 0.416. The van der Waals surface area contributed by atoms with Crippen LogP contribution >= 0.6 is 0 Å². The second kappa shape index (κ2) is 5.22. The number of carbonyl (C=O) groups is 2. The summed E-state index contributed by atoms with van der Waals surface area (Å²) in [5.41, 5.74) is 4.74. The fraction of sp³-hybridized carbons (Fsp3) is 0.143. The maximum absolute atomic E-state index is 10.7. The molecule has 0 saturated heterocycles. The first-order valence-electron chi connectivity index (χ1n) is 3.03. The van der Waals surface area contributed by atoms with E-state index in [9.17, 15) is 9.59 Å². The van der Waals surface area contributed by atoms with Gasteiger partial charge in [-0.05, 0) is 0 Å². The average Bonchev–Trinajstić information content (AvgIpc) is 1.97. The number of nitrogens with two attached hydrogens (primary N) is 1. The van der Waals surface area contributed by atoms with Gasteiger partial charge in [0, 0.05) is 18.7 Å². The van der Waals surface area contributed by atoms with Gasteiger partial charge in [0.25, 0.3) is 0 Å². The van der Waals surface area contributed by atoms with Crippen LogP contribution in [0.15, 0.2) is 24.8 Å². The minimum absolute atomic E-state index is 0.358. The number of hydrogen-bond acceptors (Lipinski definition) is 2. The van der Waals surface area contributed by atoms with Gasteiger partial charge in [0.05, 0.1) is 0 Å². The molecule has 4 heteroatoms. The highest BCUT2D eigenvalue weighted by Crippen LogP contribution is 1.72. The molecule has 11 heavy (non-hydrogen) atoms. The molecule has 0 atom stereocenters. The van der Waals surface area contributed by atoms with Crippen molar-refractivity contribution in [2.45, 2.75) is 0 Å². The highest BCUT2D eigenvalue weighted by Gasteiger charge is 1.91. The molecule has 0 aliphatic heterocycles. The van der Waals surface area contributed by atoms with Crippen molar-refractivity contribution in [3.05, 3.63) is 24.8 Å². The topological polar surface area (TPSA) is 72.2 Å². The Morgan fingerprint density at radius 3 is 2.55 bits per heavy atom. The van der Waals surface area contributed by atoms with E-state index in [0.29, 0.717) is 6.54 Å². The van der Waals surface area contributed by atoms with Crippen LogP contribution in [0.5, 0.6) is 0 Å². The van der Waals surface area contributed by atoms with Crippen molar-refractivity contribution in [2.24, 2.45) is 5.73 Å². The van der Waals surface area contributed by atoms with E-state index < -0.39 is 5.91 Å². The molecule has 0 spiro atoms. The molecular weight excluding hydrogens is 144 g/mol. The van der Waals surface area contributed by atoms with Crippen molar-refractivity contribution >= 4 is 11.8 Å². The molecule has 4 nitrogen and oxygen atoms in total. The first kappa shape index (κ1) is 9.42. The van der Waals surface area contributed by atoms with Gasteiger partial charge in [-0.3, -0.25) is 9.59 Å². The van der Waals surface area contributed by atoms with Gasteiger partial charge in [-0.15, -0.1) is 6.58 Å². The van der Waals surface area contributed by atoms with Crippen LogP contribution in [-0.2, 0) is 9.59 Å². The second-order valence-corrected chi connectivity index (χ2v) is 1.77. The van der Waals surface area contributed by atoms with Gasteiger partial charge in [0.2, 0.25) is 11.8 Å². The van der Waals surface area contributed by atoms with Crippen LogP contribution in [0, 0.1) is 0 Å². The van der Waals surface area contributed by atoms with E-state index in [1.54, 1.807) is 0 Å². The van der Waals surface area contributed by atoms with Gasteiger partial charge in [0.15, 0.2) is 0 Å². The summed E-state index contributed by atoms with van der Waals surface area (Å²) in [6.07, 6.45) is 3.61. The SMILES string of the molecule is C=CCNC(=O)/C=C/C(N)=O. The maximum Gasteiger partial charge on any atom is 0.244 e. The normalized spacial score (nSPS) is 9.45. The molecular formula is C7H10N2O2.